The zero-order valence-electron chi connectivity index (χ0n) is 18.9. The van der Waals surface area contributed by atoms with E-state index in [9.17, 15) is 4.79 Å². The number of carbonyl (C=O) groups is 1. The monoisotopic (exact) mass is 440 g/mol. The number of hydrogen-bond acceptors (Lipinski definition) is 4. The lowest BCUT2D eigenvalue weighted by Gasteiger charge is -2.48. The Balaban J connectivity index is 1.65. The van der Waals surface area contributed by atoms with Crippen molar-refractivity contribution < 1.29 is 22.9 Å². The van der Waals surface area contributed by atoms with Gasteiger partial charge in [-0.05, 0) is 39.0 Å². The number of furan rings is 2. The van der Waals surface area contributed by atoms with Gasteiger partial charge in [0, 0.05) is 40.8 Å². The van der Waals surface area contributed by atoms with Crippen molar-refractivity contribution in [3.63, 3.8) is 0 Å². The number of fused-ring (bicyclic) bond motifs is 1. The van der Waals surface area contributed by atoms with E-state index in [4.69, 9.17) is 13.6 Å². The highest BCUT2D eigenvalue weighted by atomic mass is 16.5. The quantitative estimate of drug-likeness (QED) is 0.239. The number of rotatable bonds is 3. The Labute approximate surface area is 192 Å². The normalized spacial score (nSPS) is 20.2. The van der Waals surface area contributed by atoms with Crippen molar-refractivity contribution in [2.75, 3.05) is 0 Å². The van der Waals surface area contributed by atoms with Gasteiger partial charge in [0.2, 0.25) is 0 Å². The predicted molar refractivity (Wildman–Crippen MR) is 121 cm³/mol. The SMILES string of the molecule is CC(C)(C)C(=O)Oc1cccc2c1C1c3cccc[n+]3C2CC1(c1ccoc1)c1ccoc1. The van der Waals surface area contributed by atoms with Crippen LogP contribution in [0.3, 0.4) is 0 Å². The molecule has 5 heterocycles. The summed E-state index contributed by atoms with van der Waals surface area (Å²) in [5, 5.41) is 0. The van der Waals surface area contributed by atoms with Gasteiger partial charge in [0.1, 0.15) is 5.75 Å². The van der Waals surface area contributed by atoms with Gasteiger partial charge in [-0.3, -0.25) is 4.79 Å². The predicted octanol–water partition coefficient (Wildman–Crippen LogP) is 5.54. The molecule has 4 aromatic rings. The molecule has 0 N–H and O–H groups in total. The molecule has 166 valence electrons. The number of carbonyl (C=O) groups excluding carboxylic acids is 1. The van der Waals surface area contributed by atoms with E-state index >= 15 is 0 Å². The summed E-state index contributed by atoms with van der Waals surface area (Å²) in [6, 6.07) is 16.6. The van der Waals surface area contributed by atoms with E-state index in [2.05, 4.69) is 35.0 Å². The summed E-state index contributed by atoms with van der Waals surface area (Å²) in [6.07, 6.45) is 10.1. The molecule has 2 bridgehead atoms. The Morgan fingerprint density at radius 3 is 2.36 bits per heavy atom. The van der Waals surface area contributed by atoms with Crippen molar-refractivity contribution in [2.24, 2.45) is 5.41 Å². The third-order valence-electron chi connectivity index (χ3n) is 7.20. The summed E-state index contributed by atoms with van der Waals surface area (Å²) in [6.45, 7) is 5.63. The molecule has 5 nitrogen and oxygen atoms in total. The second-order valence-electron chi connectivity index (χ2n) is 10.1. The van der Waals surface area contributed by atoms with Crippen LogP contribution in [-0.4, -0.2) is 5.97 Å². The molecule has 2 atom stereocenters. The van der Waals surface area contributed by atoms with Crippen LogP contribution in [0.2, 0.25) is 0 Å². The molecule has 5 heteroatoms. The summed E-state index contributed by atoms with van der Waals surface area (Å²) in [4.78, 5) is 12.9. The number of hydrogen-bond donors (Lipinski definition) is 0. The molecule has 1 aromatic carbocycles. The average Bonchev–Trinajstić information content (AvgIpc) is 3.53. The van der Waals surface area contributed by atoms with Crippen LogP contribution in [0, 0.1) is 5.41 Å². The molecule has 33 heavy (non-hydrogen) atoms. The van der Waals surface area contributed by atoms with E-state index in [-0.39, 0.29) is 17.9 Å². The molecule has 2 aliphatic heterocycles. The molecule has 0 saturated heterocycles. The summed E-state index contributed by atoms with van der Waals surface area (Å²) < 4.78 is 19.6. The van der Waals surface area contributed by atoms with E-state index in [1.807, 2.05) is 57.6 Å². The Hall–Kier alpha value is -3.60. The molecule has 7 rings (SSSR count). The highest BCUT2D eigenvalue weighted by Gasteiger charge is 2.61. The highest BCUT2D eigenvalue weighted by Crippen LogP contribution is 2.61. The first kappa shape index (κ1) is 20.0. The van der Waals surface area contributed by atoms with Crippen molar-refractivity contribution in [3.05, 3.63) is 108 Å². The van der Waals surface area contributed by atoms with Gasteiger partial charge in [-0.25, -0.2) is 0 Å². The largest absolute Gasteiger partial charge is 0.472 e. The standard InChI is InChI=1S/C28H26NO4/c1-27(2,3)26(30)33-23-9-6-7-20-22-15-28(18-10-13-31-16-18,19-11-14-32-17-19)25(24(20)23)21-8-4-5-12-29(21)22/h4-14,16-17,22,25H,15H2,1-3H3/q+1. The fourth-order valence-electron chi connectivity index (χ4n) is 5.70. The number of ether oxygens (including phenoxy) is 1. The fraction of sp³-hybridized carbons (Fsp3) is 0.286. The maximum absolute atomic E-state index is 12.9. The molecular formula is C28H26NO4+. The highest BCUT2D eigenvalue weighted by molar-refractivity contribution is 5.78. The van der Waals surface area contributed by atoms with Gasteiger partial charge >= 0.3 is 5.97 Å². The van der Waals surface area contributed by atoms with Gasteiger partial charge in [0.05, 0.1) is 41.8 Å². The molecule has 0 radical (unpaired) electrons. The fourth-order valence-corrected chi connectivity index (χ4v) is 5.70. The van der Waals surface area contributed by atoms with E-state index in [0.717, 1.165) is 23.1 Å². The van der Waals surface area contributed by atoms with E-state index in [0.29, 0.717) is 5.75 Å². The van der Waals surface area contributed by atoms with Gasteiger partial charge in [-0.1, -0.05) is 18.2 Å². The molecule has 2 unspecified atom stereocenters. The summed E-state index contributed by atoms with van der Waals surface area (Å²) in [7, 11) is 0. The van der Waals surface area contributed by atoms with Crippen molar-refractivity contribution >= 4 is 5.97 Å². The van der Waals surface area contributed by atoms with Crippen LogP contribution < -0.4 is 9.30 Å². The van der Waals surface area contributed by atoms with Crippen LogP contribution in [0.15, 0.2) is 88.6 Å². The Morgan fingerprint density at radius 1 is 1.00 bits per heavy atom. The molecule has 0 saturated carbocycles. The molecule has 3 aliphatic rings. The van der Waals surface area contributed by atoms with Crippen LogP contribution >= 0.6 is 0 Å². The summed E-state index contributed by atoms with van der Waals surface area (Å²) in [5.41, 5.74) is 4.63. The molecule has 0 spiro atoms. The van der Waals surface area contributed by atoms with Gasteiger partial charge in [0.15, 0.2) is 17.9 Å². The minimum Gasteiger partial charge on any atom is -0.472 e. The third kappa shape index (κ3) is 2.78. The summed E-state index contributed by atoms with van der Waals surface area (Å²) in [5.74, 6) is 0.307. The number of aromatic nitrogens is 1. The van der Waals surface area contributed by atoms with Crippen molar-refractivity contribution in [1.29, 1.82) is 0 Å². The van der Waals surface area contributed by atoms with Gasteiger partial charge in [-0.15, -0.1) is 0 Å². The zero-order valence-corrected chi connectivity index (χ0v) is 18.9. The number of benzene rings is 1. The van der Waals surface area contributed by atoms with Gasteiger partial charge in [0.25, 0.3) is 0 Å². The second-order valence-corrected chi connectivity index (χ2v) is 10.1. The first-order chi connectivity index (χ1) is 15.9. The second kappa shape index (κ2) is 6.95. The van der Waals surface area contributed by atoms with Crippen LogP contribution in [0.5, 0.6) is 5.75 Å². The first-order valence-corrected chi connectivity index (χ1v) is 11.3. The van der Waals surface area contributed by atoms with Crippen LogP contribution in [0.4, 0.5) is 0 Å². The Morgan fingerprint density at radius 2 is 1.73 bits per heavy atom. The van der Waals surface area contributed by atoms with Crippen LogP contribution in [0.1, 0.15) is 67.1 Å². The summed E-state index contributed by atoms with van der Waals surface area (Å²) >= 11 is 0. The number of esters is 1. The van der Waals surface area contributed by atoms with Crippen molar-refractivity contribution in [3.8, 4) is 5.75 Å². The van der Waals surface area contributed by atoms with Gasteiger partial charge < -0.3 is 13.6 Å². The number of pyridine rings is 1. The Kier molecular flexibility index (Phi) is 4.22. The topological polar surface area (TPSA) is 56.5 Å². The molecule has 0 amide bonds. The van der Waals surface area contributed by atoms with Crippen molar-refractivity contribution in [1.82, 2.24) is 0 Å². The molecule has 3 aromatic heterocycles. The lowest BCUT2D eigenvalue weighted by molar-refractivity contribution is -0.732. The van der Waals surface area contributed by atoms with Gasteiger partial charge in [-0.2, -0.15) is 4.57 Å². The van der Waals surface area contributed by atoms with E-state index in [1.54, 1.807) is 12.5 Å². The smallest absolute Gasteiger partial charge is 0.316 e. The van der Waals surface area contributed by atoms with E-state index < -0.39 is 10.8 Å². The first-order valence-electron chi connectivity index (χ1n) is 11.3. The van der Waals surface area contributed by atoms with Crippen molar-refractivity contribution in [2.45, 2.75) is 44.6 Å². The van der Waals surface area contributed by atoms with E-state index in [1.165, 1.54) is 11.3 Å². The lowest BCUT2D eigenvalue weighted by Crippen LogP contribution is -2.60. The minimum atomic E-state index is -0.602. The molecular weight excluding hydrogens is 414 g/mol. The maximum Gasteiger partial charge on any atom is 0.316 e. The maximum atomic E-state index is 12.9. The molecule has 0 fully saturated rings. The Bertz CT molecular complexity index is 1290. The van der Waals surface area contributed by atoms with Crippen LogP contribution in [-0.2, 0) is 10.2 Å². The minimum absolute atomic E-state index is 0.0827. The average molecular weight is 441 g/mol. The lowest BCUT2D eigenvalue weighted by atomic mass is 9.54. The third-order valence-corrected chi connectivity index (χ3v) is 7.20. The molecule has 1 aliphatic carbocycles. The van der Waals surface area contributed by atoms with Crippen LogP contribution in [0.25, 0.3) is 0 Å². The zero-order chi connectivity index (χ0) is 22.8. The number of nitrogens with zero attached hydrogens (tertiary/aromatic N) is 1.